The molecule has 0 bridgehead atoms. The average molecular weight is 297 g/mol. The summed E-state index contributed by atoms with van der Waals surface area (Å²) in [5.74, 6) is -0.346. The summed E-state index contributed by atoms with van der Waals surface area (Å²) in [5.41, 5.74) is 2.42. The summed E-state index contributed by atoms with van der Waals surface area (Å²) in [7, 11) is 0. The monoisotopic (exact) mass is 297 g/mol. The van der Waals surface area contributed by atoms with E-state index in [9.17, 15) is 4.79 Å². The number of hydrogen-bond acceptors (Lipinski definition) is 4. The Balaban J connectivity index is 1.75. The molecule has 0 fully saturated rings. The van der Waals surface area contributed by atoms with Crippen LogP contribution >= 0.6 is 0 Å². The molecule has 0 aliphatic carbocycles. The summed E-state index contributed by atoms with van der Waals surface area (Å²) >= 11 is 0. The van der Waals surface area contributed by atoms with Gasteiger partial charge >= 0.3 is 5.97 Å². The molecule has 3 rings (SSSR count). The molecular weight excluding hydrogens is 282 g/mol. The lowest BCUT2D eigenvalue weighted by atomic mass is 10.0. The van der Waals surface area contributed by atoms with E-state index in [1.165, 1.54) is 0 Å². The first kappa shape index (κ1) is 14.1. The van der Waals surface area contributed by atoms with Crippen molar-refractivity contribution in [1.82, 2.24) is 0 Å². The Hall–Kier alpha value is -2.82. The van der Waals surface area contributed by atoms with Crippen LogP contribution in [0.25, 0.3) is 0 Å². The molecule has 0 saturated heterocycles. The zero-order chi connectivity index (χ0) is 15.4. The minimum absolute atomic E-state index is 0.237. The third-order valence-corrected chi connectivity index (χ3v) is 3.38. The number of carboxylic acid groups (broad SMARTS) is 1. The Morgan fingerprint density at radius 2 is 1.91 bits per heavy atom. The van der Waals surface area contributed by atoms with Crippen molar-refractivity contribution in [3.8, 4) is 5.75 Å². The third-order valence-electron chi connectivity index (χ3n) is 3.38. The first-order valence-corrected chi connectivity index (χ1v) is 6.95. The first-order valence-electron chi connectivity index (χ1n) is 6.95. The van der Waals surface area contributed by atoms with E-state index >= 15 is 0 Å². The van der Waals surface area contributed by atoms with Crippen LogP contribution in [-0.2, 0) is 16.2 Å². The molecule has 5 heteroatoms. The van der Waals surface area contributed by atoms with Crippen LogP contribution in [0, 0.1) is 0 Å². The van der Waals surface area contributed by atoms with E-state index in [0.717, 1.165) is 11.1 Å². The van der Waals surface area contributed by atoms with Gasteiger partial charge in [-0.1, -0.05) is 47.6 Å². The van der Waals surface area contributed by atoms with Crippen molar-refractivity contribution < 1.29 is 19.5 Å². The maximum Gasteiger partial charge on any atom is 0.348 e. The summed E-state index contributed by atoms with van der Waals surface area (Å²) in [5, 5.41) is 12.8. The van der Waals surface area contributed by atoms with Crippen molar-refractivity contribution in [1.29, 1.82) is 0 Å². The Kier molecular flexibility index (Phi) is 4.05. The fourth-order valence-corrected chi connectivity index (χ4v) is 2.24. The van der Waals surface area contributed by atoms with Gasteiger partial charge < -0.3 is 14.7 Å². The van der Waals surface area contributed by atoms with E-state index < -0.39 is 12.1 Å². The second kappa shape index (κ2) is 6.30. The smallest absolute Gasteiger partial charge is 0.348 e. The van der Waals surface area contributed by atoms with E-state index in [4.69, 9.17) is 14.7 Å². The van der Waals surface area contributed by atoms with Gasteiger partial charge in [0.15, 0.2) is 0 Å². The summed E-state index contributed by atoms with van der Waals surface area (Å²) in [4.78, 5) is 15.9. The second-order valence-corrected chi connectivity index (χ2v) is 4.94. The molecule has 0 aromatic heterocycles. The number of oxime groups is 1. The maximum atomic E-state index is 10.9. The number of aliphatic carboxylic acids is 1. The van der Waals surface area contributed by atoms with Crippen LogP contribution in [0.1, 0.15) is 17.5 Å². The number of rotatable bonds is 5. The van der Waals surface area contributed by atoms with Gasteiger partial charge in [-0.2, -0.15) is 0 Å². The third kappa shape index (κ3) is 3.09. The molecule has 1 N–H and O–H groups in total. The highest BCUT2D eigenvalue weighted by Crippen LogP contribution is 2.25. The van der Waals surface area contributed by atoms with Gasteiger partial charge in [0.2, 0.25) is 6.10 Å². The highest BCUT2D eigenvalue weighted by Gasteiger charge is 2.29. The summed E-state index contributed by atoms with van der Waals surface area (Å²) in [6, 6.07) is 17.3. The lowest BCUT2D eigenvalue weighted by molar-refractivity contribution is -0.148. The van der Waals surface area contributed by atoms with Crippen LogP contribution in [0.15, 0.2) is 59.8 Å². The van der Waals surface area contributed by atoms with Gasteiger partial charge in [0.25, 0.3) is 0 Å². The SMILES string of the molecule is O=C(O)C1CC(c2ccccc2OCc2ccccc2)=NO1. The van der Waals surface area contributed by atoms with Gasteiger partial charge in [-0.25, -0.2) is 4.79 Å². The number of carbonyl (C=O) groups is 1. The van der Waals surface area contributed by atoms with Gasteiger partial charge in [0.1, 0.15) is 12.4 Å². The maximum absolute atomic E-state index is 10.9. The number of ether oxygens (including phenoxy) is 1. The number of benzene rings is 2. The van der Waals surface area contributed by atoms with Crippen LogP contribution in [0.4, 0.5) is 0 Å². The number of carboxylic acids is 1. The Labute approximate surface area is 127 Å². The van der Waals surface area contributed by atoms with Gasteiger partial charge in [-0.05, 0) is 17.7 Å². The minimum atomic E-state index is -1.01. The zero-order valence-electron chi connectivity index (χ0n) is 11.8. The average Bonchev–Trinajstić information content (AvgIpc) is 3.04. The van der Waals surface area contributed by atoms with E-state index in [1.807, 2.05) is 54.6 Å². The molecule has 1 heterocycles. The van der Waals surface area contributed by atoms with E-state index in [0.29, 0.717) is 18.1 Å². The molecule has 0 saturated carbocycles. The highest BCUT2D eigenvalue weighted by atomic mass is 16.7. The molecular formula is C17H15NO4. The van der Waals surface area contributed by atoms with Crippen molar-refractivity contribution in [2.24, 2.45) is 5.16 Å². The number of nitrogens with zero attached hydrogens (tertiary/aromatic N) is 1. The topological polar surface area (TPSA) is 68.1 Å². The fourth-order valence-electron chi connectivity index (χ4n) is 2.24. The van der Waals surface area contributed by atoms with Gasteiger partial charge in [0, 0.05) is 12.0 Å². The molecule has 2 aromatic rings. The minimum Gasteiger partial charge on any atom is -0.488 e. The summed E-state index contributed by atoms with van der Waals surface area (Å²) in [6.07, 6.45) is -0.682. The second-order valence-electron chi connectivity index (χ2n) is 4.94. The predicted octanol–water partition coefficient (Wildman–Crippen LogP) is 2.84. The first-order chi connectivity index (χ1) is 10.7. The van der Waals surface area contributed by atoms with Crippen LogP contribution in [-0.4, -0.2) is 22.9 Å². The molecule has 1 unspecified atom stereocenters. The predicted molar refractivity (Wildman–Crippen MR) is 80.9 cm³/mol. The molecule has 0 radical (unpaired) electrons. The van der Waals surface area contributed by atoms with Gasteiger partial charge in [-0.3, -0.25) is 0 Å². The molecule has 2 aromatic carbocycles. The van der Waals surface area contributed by atoms with Crippen LogP contribution in [0.3, 0.4) is 0 Å². The van der Waals surface area contributed by atoms with Gasteiger partial charge in [-0.15, -0.1) is 0 Å². The Morgan fingerprint density at radius 3 is 2.64 bits per heavy atom. The quantitative estimate of drug-likeness (QED) is 0.921. The standard InChI is InChI=1S/C17H15NO4/c19-17(20)16-10-14(18-22-16)13-8-4-5-9-15(13)21-11-12-6-2-1-3-7-12/h1-9,16H,10-11H2,(H,19,20). The van der Waals surface area contributed by atoms with E-state index in [1.54, 1.807) is 0 Å². The molecule has 1 aliphatic heterocycles. The zero-order valence-corrected chi connectivity index (χ0v) is 11.8. The van der Waals surface area contributed by atoms with E-state index in [2.05, 4.69) is 5.16 Å². The number of hydrogen-bond donors (Lipinski definition) is 1. The molecule has 0 amide bonds. The van der Waals surface area contributed by atoms with Crippen molar-refractivity contribution in [2.45, 2.75) is 19.1 Å². The van der Waals surface area contributed by atoms with Crippen LogP contribution < -0.4 is 4.74 Å². The van der Waals surface area contributed by atoms with Crippen LogP contribution in [0.5, 0.6) is 5.75 Å². The van der Waals surface area contributed by atoms with Crippen molar-refractivity contribution in [3.63, 3.8) is 0 Å². The molecule has 0 spiro atoms. The molecule has 112 valence electrons. The Bertz CT molecular complexity index is 697. The summed E-state index contributed by atoms with van der Waals surface area (Å²) < 4.78 is 5.85. The Morgan fingerprint density at radius 1 is 1.18 bits per heavy atom. The lowest BCUT2D eigenvalue weighted by Crippen LogP contribution is -2.20. The lowest BCUT2D eigenvalue weighted by Gasteiger charge is -2.10. The normalized spacial score (nSPS) is 16.7. The molecule has 5 nitrogen and oxygen atoms in total. The van der Waals surface area contributed by atoms with Crippen molar-refractivity contribution in [3.05, 3.63) is 65.7 Å². The van der Waals surface area contributed by atoms with Gasteiger partial charge in [0.05, 0.1) is 5.71 Å². The van der Waals surface area contributed by atoms with Crippen LogP contribution in [0.2, 0.25) is 0 Å². The van der Waals surface area contributed by atoms with Crippen molar-refractivity contribution in [2.75, 3.05) is 0 Å². The fraction of sp³-hybridized carbons (Fsp3) is 0.176. The molecule has 1 atom stereocenters. The molecule has 1 aliphatic rings. The summed E-state index contributed by atoms with van der Waals surface area (Å²) in [6.45, 7) is 0.439. The number of para-hydroxylation sites is 1. The largest absolute Gasteiger partial charge is 0.488 e. The highest BCUT2D eigenvalue weighted by molar-refractivity contribution is 6.05. The van der Waals surface area contributed by atoms with Crippen molar-refractivity contribution >= 4 is 11.7 Å². The molecule has 22 heavy (non-hydrogen) atoms. The van der Waals surface area contributed by atoms with E-state index in [-0.39, 0.29) is 6.42 Å².